The topological polar surface area (TPSA) is 105 Å². The molecule has 0 amide bonds. The van der Waals surface area contributed by atoms with E-state index in [0.29, 0.717) is 0 Å². The Hall–Kier alpha value is -2.18. The maximum Gasteiger partial charge on any atom is 0.354 e. The highest BCUT2D eigenvalue weighted by Gasteiger charge is 2.20. The number of carboxylic acids is 1. The van der Waals surface area contributed by atoms with Crippen LogP contribution in [0.4, 0.5) is 11.5 Å². The Kier molecular flexibility index (Phi) is 6.58. The highest BCUT2D eigenvalue weighted by molar-refractivity contribution is 5.86. The number of hydrogen-bond acceptors (Lipinski definition) is 5. The fourth-order valence-corrected chi connectivity index (χ4v) is 2.11. The first kappa shape index (κ1) is 16.9. The number of carbonyl (C=O) groups is 1. The van der Waals surface area contributed by atoms with E-state index in [0.717, 1.165) is 38.2 Å². The number of carboxylic acid groups (broad SMARTS) is 1. The molecule has 1 heterocycles. The fraction of sp³-hybridized carbons (Fsp3) is 0.571. The minimum absolute atomic E-state index is 0.0365. The lowest BCUT2D eigenvalue weighted by Gasteiger charge is -2.18. The van der Waals surface area contributed by atoms with Crippen molar-refractivity contribution in [2.45, 2.75) is 52.0 Å². The quantitative estimate of drug-likeness (QED) is 0.534. The van der Waals surface area contributed by atoms with Gasteiger partial charge in [-0.2, -0.15) is 0 Å². The van der Waals surface area contributed by atoms with Gasteiger partial charge in [0.2, 0.25) is 5.82 Å². The van der Waals surface area contributed by atoms with Crippen LogP contribution in [0, 0.1) is 10.1 Å². The molecule has 21 heavy (non-hydrogen) atoms. The highest BCUT2D eigenvalue weighted by Crippen LogP contribution is 2.24. The van der Waals surface area contributed by atoms with E-state index < -0.39 is 10.9 Å². The molecule has 1 rings (SSSR count). The van der Waals surface area contributed by atoms with Gasteiger partial charge in [-0.1, -0.05) is 33.1 Å². The van der Waals surface area contributed by atoms with E-state index in [1.54, 1.807) is 0 Å². The van der Waals surface area contributed by atoms with Crippen molar-refractivity contribution in [3.05, 3.63) is 27.9 Å². The van der Waals surface area contributed by atoms with Crippen LogP contribution in [0.25, 0.3) is 0 Å². The van der Waals surface area contributed by atoms with Crippen molar-refractivity contribution in [3.8, 4) is 0 Å². The van der Waals surface area contributed by atoms with Gasteiger partial charge in [0.15, 0.2) is 5.69 Å². The molecule has 2 N–H and O–H groups in total. The normalized spacial score (nSPS) is 11.9. The number of unbranched alkanes of at least 4 members (excludes halogenated alkanes) is 1. The number of aromatic nitrogens is 1. The molecule has 0 aliphatic heterocycles. The molecule has 116 valence electrons. The Morgan fingerprint density at radius 1 is 1.38 bits per heavy atom. The van der Waals surface area contributed by atoms with Crippen LogP contribution >= 0.6 is 0 Å². The van der Waals surface area contributed by atoms with Gasteiger partial charge in [-0.05, 0) is 18.9 Å². The molecular weight excluding hydrogens is 274 g/mol. The molecule has 0 saturated carbocycles. The Labute approximate surface area is 123 Å². The summed E-state index contributed by atoms with van der Waals surface area (Å²) in [5.74, 6) is -1.16. The van der Waals surface area contributed by atoms with E-state index in [2.05, 4.69) is 17.2 Å². The molecule has 0 radical (unpaired) electrons. The van der Waals surface area contributed by atoms with E-state index >= 15 is 0 Å². The van der Waals surface area contributed by atoms with Crippen molar-refractivity contribution in [1.29, 1.82) is 0 Å². The predicted octanol–water partition coefficient (Wildman–Crippen LogP) is 3.46. The van der Waals surface area contributed by atoms with Crippen molar-refractivity contribution in [3.63, 3.8) is 0 Å². The summed E-state index contributed by atoms with van der Waals surface area (Å²) in [6.45, 7) is 4.12. The molecule has 0 aromatic carbocycles. The molecule has 0 spiro atoms. The van der Waals surface area contributed by atoms with Gasteiger partial charge in [0.1, 0.15) is 0 Å². The van der Waals surface area contributed by atoms with E-state index in [1.807, 2.05) is 6.92 Å². The van der Waals surface area contributed by atoms with E-state index in [1.165, 1.54) is 6.07 Å². The third-order valence-electron chi connectivity index (χ3n) is 3.17. The summed E-state index contributed by atoms with van der Waals surface area (Å²) in [6.07, 6.45) is 4.71. The van der Waals surface area contributed by atoms with Crippen LogP contribution in [0.5, 0.6) is 0 Å². The molecule has 0 bridgehead atoms. The highest BCUT2D eigenvalue weighted by atomic mass is 16.6. The fourth-order valence-electron chi connectivity index (χ4n) is 2.11. The number of anilines is 1. The standard InChI is InChI=1S/C14H21N3O4/c1-3-5-7-10(6-4-2)15-13-12(17(20)21)9-8-11(16-13)14(18)19/h8-10H,3-7H2,1-2H3,(H,15,16)(H,18,19). The predicted molar refractivity (Wildman–Crippen MR) is 79.7 cm³/mol. The van der Waals surface area contributed by atoms with Crippen molar-refractivity contribution < 1.29 is 14.8 Å². The summed E-state index contributed by atoms with van der Waals surface area (Å²) in [5, 5.41) is 23.0. The van der Waals surface area contributed by atoms with Gasteiger partial charge in [-0.25, -0.2) is 9.78 Å². The molecule has 0 aliphatic carbocycles. The summed E-state index contributed by atoms with van der Waals surface area (Å²) in [4.78, 5) is 25.3. The van der Waals surface area contributed by atoms with E-state index in [9.17, 15) is 14.9 Å². The number of nitro groups is 1. The first-order valence-corrected chi connectivity index (χ1v) is 7.14. The molecule has 0 fully saturated rings. The number of pyridine rings is 1. The summed E-state index contributed by atoms with van der Waals surface area (Å²) in [7, 11) is 0. The Morgan fingerprint density at radius 3 is 2.62 bits per heavy atom. The maximum atomic E-state index is 11.0. The minimum Gasteiger partial charge on any atom is -0.477 e. The average molecular weight is 295 g/mol. The van der Waals surface area contributed by atoms with Crippen LogP contribution in [0.3, 0.4) is 0 Å². The van der Waals surface area contributed by atoms with Crippen molar-refractivity contribution >= 4 is 17.5 Å². The van der Waals surface area contributed by atoms with E-state index in [-0.39, 0.29) is 23.2 Å². The van der Waals surface area contributed by atoms with Crippen LogP contribution in [-0.2, 0) is 0 Å². The lowest BCUT2D eigenvalue weighted by molar-refractivity contribution is -0.384. The van der Waals surface area contributed by atoms with Crippen molar-refractivity contribution in [2.75, 3.05) is 5.32 Å². The second-order valence-corrected chi connectivity index (χ2v) is 4.90. The SMILES string of the molecule is CCCCC(CCC)Nc1nc(C(=O)O)ccc1[N+](=O)[O-]. The zero-order chi connectivity index (χ0) is 15.8. The maximum absolute atomic E-state index is 11.0. The number of nitrogens with one attached hydrogen (secondary N) is 1. The molecule has 7 heteroatoms. The molecule has 1 aromatic heterocycles. The number of hydrogen-bond donors (Lipinski definition) is 2. The third kappa shape index (κ3) is 5.02. The van der Waals surface area contributed by atoms with Crippen LogP contribution in [0.15, 0.2) is 12.1 Å². The van der Waals surface area contributed by atoms with Gasteiger partial charge >= 0.3 is 11.7 Å². The minimum atomic E-state index is -1.20. The van der Waals surface area contributed by atoms with Crippen molar-refractivity contribution in [2.24, 2.45) is 0 Å². The number of nitrogens with zero attached hydrogens (tertiary/aromatic N) is 2. The smallest absolute Gasteiger partial charge is 0.354 e. The Morgan fingerprint density at radius 2 is 2.10 bits per heavy atom. The summed E-state index contributed by atoms with van der Waals surface area (Å²) < 4.78 is 0. The van der Waals surface area contributed by atoms with Gasteiger partial charge in [0.05, 0.1) is 4.92 Å². The molecule has 0 saturated heterocycles. The van der Waals surface area contributed by atoms with Gasteiger partial charge in [0, 0.05) is 12.1 Å². The molecule has 7 nitrogen and oxygen atoms in total. The molecule has 1 unspecified atom stereocenters. The molecular formula is C14H21N3O4. The molecule has 1 aromatic rings. The van der Waals surface area contributed by atoms with Crippen molar-refractivity contribution in [1.82, 2.24) is 4.98 Å². The lowest BCUT2D eigenvalue weighted by atomic mass is 10.1. The van der Waals surface area contributed by atoms with Crippen LogP contribution < -0.4 is 5.32 Å². The largest absolute Gasteiger partial charge is 0.477 e. The number of aromatic carboxylic acids is 1. The van der Waals surface area contributed by atoms with Crippen LogP contribution in [-0.4, -0.2) is 27.0 Å². The van der Waals surface area contributed by atoms with Gasteiger partial charge in [0.25, 0.3) is 0 Å². The summed E-state index contributed by atoms with van der Waals surface area (Å²) in [5.41, 5.74) is -0.397. The second kappa shape index (κ2) is 8.18. The second-order valence-electron chi connectivity index (χ2n) is 4.90. The first-order valence-electron chi connectivity index (χ1n) is 7.14. The van der Waals surface area contributed by atoms with E-state index in [4.69, 9.17) is 5.11 Å². The monoisotopic (exact) mass is 295 g/mol. The lowest BCUT2D eigenvalue weighted by Crippen LogP contribution is -2.21. The average Bonchev–Trinajstić information content (AvgIpc) is 2.44. The molecule has 1 atom stereocenters. The van der Waals surface area contributed by atoms with Gasteiger partial charge in [-0.3, -0.25) is 10.1 Å². The molecule has 0 aliphatic rings. The Balaban J connectivity index is 3.03. The van der Waals surface area contributed by atoms with Gasteiger partial charge in [-0.15, -0.1) is 0 Å². The van der Waals surface area contributed by atoms with Crippen LogP contribution in [0.1, 0.15) is 56.4 Å². The summed E-state index contributed by atoms with van der Waals surface area (Å²) >= 11 is 0. The first-order chi connectivity index (χ1) is 9.99. The zero-order valence-corrected chi connectivity index (χ0v) is 12.3. The number of rotatable bonds is 9. The van der Waals surface area contributed by atoms with Crippen LogP contribution in [0.2, 0.25) is 0 Å². The van der Waals surface area contributed by atoms with Gasteiger partial charge < -0.3 is 10.4 Å². The zero-order valence-electron chi connectivity index (χ0n) is 12.3. The summed E-state index contributed by atoms with van der Waals surface area (Å²) in [6, 6.07) is 2.39. The third-order valence-corrected chi connectivity index (χ3v) is 3.17. The Bertz CT molecular complexity index is 505.